The Balaban J connectivity index is 2.09. The molecule has 0 saturated heterocycles. The molecule has 0 aliphatic carbocycles. The molecule has 0 fully saturated rings. The molecule has 0 aliphatic heterocycles. The van der Waals surface area contributed by atoms with Crippen molar-refractivity contribution in [2.45, 2.75) is 0 Å². The molecule has 108 valence electrons. The summed E-state index contributed by atoms with van der Waals surface area (Å²) < 4.78 is 5.11. The van der Waals surface area contributed by atoms with E-state index >= 15 is 0 Å². The predicted molar refractivity (Wildman–Crippen MR) is 88.9 cm³/mol. The average Bonchev–Trinajstić information content (AvgIpc) is 2.59. The van der Waals surface area contributed by atoms with E-state index in [1.807, 2.05) is 24.3 Å². The molecule has 0 aromatic heterocycles. The molecule has 3 heteroatoms. The Morgan fingerprint density at radius 3 is 1.68 bits per heavy atom. The first kappa shape index (κ1) is 14.0. The van der Waals surface area contributed by atoms with E-state index in [2.05, 4.69) is 6.58 Å². The predicted octanol–water partition coefficient (Wildman–Crippen LogP) is 3.27. The molecule has 0 radical (unpaired) electrons. The highest BCUT2D eigenvalue weighted by atomic mass is 16.5. The minimum absolute atomic E-state index is 0.433. The molecule has 0 spiro atoms. The molecule has 0 bridgehead atoms. The van der Waals surface area contributed by atoms with Crippen LogP contribution in [-0.2, 0) is 0 Å². The van der Waals surface area contributed by atoms with Gasteiger partial charge in [-0.15, -0.1) is 0 Å². The van der Waals surface area contributed by atoms with E-state index in [1.165, 1.54) is 0 Å². The lowest BCUT2D eigenvalue weighted by molar-refractivity contribution is 0.415. The zero-order valence-corrected chi connectivity index (χ0v) is 12.1. The van der Waals surface area contributed by atoms with Crippen LogP contribution in [0.15, 0.2) is 64.7 Å². The van der Waals surface area contributed by atoms with Crippen molar-refractivity contribution < 1.29 is 4.74 Å². The van der Waals surface area contributed by atoms with E-state index in [9.17, 15) is 9.59 Å². The molecule has 22 heavy (non-hydrogen) atoms. The van der Waals surface area contributed by atoms with Gasteiger partial charge in [0.2, 0.25) is 10.9 Å². The third-order valence-electron chi connectivity index (χ3n) is 3.72. The topological polar surface area (TPSA) is 43.4 Å². The van der Waals surface area contributed by atoms with Crippen LogP contribution in [0.2, 0.25) is 0 Å². The minimum Gasteiger partial charge on any atom is -0.497 e. The monoisotopic (exact) mass is 290 g/mol. The lowest BCUT2D eigenvalue weighted by atomic mass is 9.89. The Bertz CT molecular complexity index is 893. The Hall–Kier alpha value is -2.94. The van der Waals surface area contributed by atoms with Crippen LogP contribution < -0.4 is 15.6 Å². The maximum Gasteiger partial charge on any atom is 0.234 e. The minimum atomic E-state index is -0.437. The molecule has 3 aromatic carbocycles. The highest BCUT2D eigenvalue weighted by Gasteiger charge is 2.23. The normalized spacial score (nSPS) is 10.6. The second-order valence-corrected chi connectivity index (χ2v) is 4.96. The Labute approximate surface area is 127 Å². The lowest BCUT2D eigenvalue weighted by Crippen LogP contribution is -2.34. The van der Waals surface area contributed by atoms with Gasteiger partial charge >= 0.3 is 0 Å². The summed E-state index contributed by atoms with van der Waals surface area (Å²) in [5.74, 6) is 0.708. The van der Waals surface area contributed by atoms with Crippen molar-refractivity contribution in [2.24, 2.45) is 0 Å². The summed E-state index contributed by atoms with van der Waals surface area (Å²) in [5.41, 5.74) is 2.53. The van der Waals surface area contributed by atoms with Gasteiger partial charge in [0, 0.05) is 11.1 Å². The molecule has 0 saturated carbocycles. The molecule has 0 unspecified atom stereocenters. The van der Waals surface area contributed by atoms with Gasteiger partial charge in [-0.05, 0) is 28.8 Å². The SMILES string of the molecule is C=Cc1ccc(-c2c(-c3ccc(OC)cc3)c(=O)c2=O)cc1. The van der Waals surface area contributed by atoms with Crippen LogP contribution in [0, 0.1) is 0 Å². The lowest BCUT2D eigenvalue weighted by Gasteiger charge is -2.12. The molecule has 3 nitrogen and oxygen atoms in total. The van der Waals surface area contributed by atoms with Gasteiger partial charge in [0.05, 0.1) is 7.11 Å². The molecule has 0 amide bonds. The Morgan fingerprint density at radius 1 is 0.818 bits per heavy atom. The van der Waals surface area contributed by atoms with Crippen LogP contribution in [0.5, 0.6) is 5.75 Å². The van der Waals surface area contributed by atoms with E-state index in [-0.39, 0.29) is 0 Å². The van der Waals surface area contributed by atoms with Crippen LogP contribution in [-0.4, -0.2) is 7.11 Å². The zero-order valence-electron chi connectivity index (χ0n) is 12.1. The first-order valence-electron chi connectivity index (χ1n) is 6.86. The van der Waals surface area contributed by atoms with Gasteiger partial charge in [-0.2, -0.15) is 0 Å². The van der Waals surface area contributed by atoms with Gasteiger partial charge in [-0.3, -0.25) is 9.59 Å². The van der Waals surface area contributed by atoms with Crippen LogP contribution in [0.25, 0.3) is 28.3 Å². The van der Waals surface area contributed by atoms with Crippen molar-refractivity contribution in [3.05, 3.63) is 81.1 Å². The first-order chi connectivity index (χ1) is 10.7. The van der Waals surface area contributed by atoms with Crippen molar-refractivity contribution in [1.82, 2.24) is 0 Å². The van der Waals surface area contributed by atoms with Gasteiger partial charge < -0.3 is 4.74 Å². The summed E-state index contributed by atoms with van der Waals surface area (Å²) in [5, 5.41) is 0. The average molecular weight is 290 g/mol. The summed E-state index contributed by atoms with van der Waals surface area (Å²) >= 11 is 0. The van der Waals surface area contributed by atoms with Gasteiger partial charge in [-0.1, -0.05) is 49.1 Å². The van der Waals surface area contributed by atoms with E-state index in [0.717, 1.165) is 16.7 Å². The third-order valence-corrected chi connectivity index (χ3v) is 3.72. The molecule has 0 N–H and O–H groups in total. The second kappa shape index (κ2) is 5.45. The van der Waals surface area contributed by atoms with Crippen molar-refractivity contribution in [3.8, 4) is 28.0 Å². The van der Waals surface area contributed by atoms with Gasteiger partial charge in [0.15, 0.2) is 0 Å². The smallest absolute Gasteiger partial charge is 0.234 e. The first-order valence-corrected chi connectivity index (χ1v) is 6.86. The highest BCUT2D eigenvalue weighted by molar-refractivity contribution is 5.87. The number of methoxy groups -OCH3 is 1. The van der Waals surface area contributed by atoms with Crippen molar-refractivity contribution in [1.29, 1.82) is 0 Å². The highest BCUT2D eigenvalue weighted by Crippen LogP contribution is 2.29. The molecular formula is C19H14O3. The van der Waals surface area contributed by atoms with Crippen molar-refractivity contribution in [2.75, 3.05) is 7.11 Å². The third kappa shape index (κ3) is 2.17. The Kier molecular flexibility index (Phi) is 3.47. The number of benzene rings is 2. The van der Waals surface area contributed by atoms with Crippen molar-refractivity contribution >= 4 is 6.08 Å². The summed E-state index contributed by atoms with van der Waals surface area (Å²) in [6.45, 7) is 3.70. The molecule has 0 aliphatic rings. The maximum atomic E-state index is 12.0. The zero-order chi connectivity index (χ0) is 15.7. The van der Waals surface area contributed by atoms with Gasteiger partial charge in [-0.25, -0.2) is 0 Å². The maximum absolute atomic E-state index is 12.0. The van der Waals surface area contributed by atoms with E-state index in [4.69, 9.17) is 4.74 Å². The van der Waals surface area contributed by atoms with Crippen LogP contribution in [0.4, 0.5) is 0 Å². The van der Waals surface area contributed by atoms with Crippen LogP contribution in [0.1, 0.15) is 5.56 Å². The van der Waals surface area contributed by atoms with E-state index in [1.54, 1.807) is 37.5 Å². The fourth-order valence-corrected chi connectivity index (χ4v) is 2.49. The summed E-state index contributed by atoms with van der Waals surface area (Å²) in [6.07, 6.45) is 1.73. The van der Waals surface area contributed by atoms with Gasteiger partial charge in [0.1, 0.15) is 5.75 Å². The fraction of sp³-hybridized carbons (Fsp3) is 0.0526. The number of hydrogen-bond acceptors (Lipinski definition) is 3. The standard InChI is InChI=1S/C19H14O3/c1-3-12-4-6-13(7-5-12)16-17(19(21)18(16)20)14-8-10-15(22-2)11-9-14/h3-11H,1H2,2H3. The number of hydrogen-bond donors (Lipinski definition) is 0. The molecule has 0 atom stereocenters. The molecular weight excluding hydrogens is 276 g/mol. The van der Waals surface area contributed by atoms with Gasteiger partial charge in [0.25, 0.3) is 0 Å². The summed E-state index contributed by atoms with van der Waals surface area (Å²) in [6, 6.07) is 14.5. The Morgan fingerprint density at radius 2 is 1.27 bits per heavy atom. The largest absolute Gasteiger partial charge is 0.497 e. The summed E-state index contributed by atoms with van der Waals surface area (Å²) in [7, 11) is 1.58. The number of ether oxygens (including phenoxy) is 1. The molecule has 3 aromatic rings. The van der Waals surface area contributed by atoms with Crippen LogP contribution >= 0.6 is 0 Å². The molecule has 0 heterocycles. The number of rotatable bonds is 4. The quantitative estimate of drug-likeness (QED) is 0.693. The second-order valence-electron chi connectivity index (χ2n) is 4.96. The van der Waals surface area contributed by atoms with Crippen molar-refractivity contribution in [3.63, 3.8) is 0 Å². The van der Waals surface area contributed by atoms with Crippen LogP contribution in [0.3, 0.4) is 0 Å². The fourth-order valence-electron chi connectivity index (χ4n) is 2.49. The summed E-state index contributed by atoms with van der Waals surface area (Å²) in [4.78, 5) is 23.9. The molecule has 3 rings (SSSR count). The van der Waals surface area contributed by atoms with E-state index < -0.39 is 10.9 Å². The van der Waals surface area contributed by atoms with E-state index in [0.29, 0.717) is 16.9 Å².